The van der Waals surface area contributed by atoms with Crippen molar-refractivity contribution < 1.29 is 9.53 Å². The summed E-state index contributed by atoms with van der Waals surface area (Å²) in [5.41, 5.74) is 0.424. The number of rotatable bonds is 5. The Kier molecular flexibility index (Phi) is 6.51. The Morgan fingerprint density at radius 2 is 2.12 bits per heavy atom. The van der Waals surface area contributed by atoms with Crippen LogP contribution in [0.1, 0.15) is 62.2 Å². The van der Waals surface area contributed by atoms with E-state index in [0.29, 0.717) is 16.3 Å². The zero-order valence-electron chi connectivity index (χ0n) is 15.6. The lowest BCUT2D eigenvalue weighted by Gasteiger charge is -2.31. The molecule has 1 amide bonds. The standard InChI is InChI=1S/C20H27ClN2O2S/c1-3-4-12-23-14-20(10-6-5-7-11-20)26-19(23)22-18(24)16-13-15(21)8-9-17(16)25-2/h8-9,13H,3-7,10-12,14H2,1-2H3. The van der Waals surface area contributed by atoms with Gasteiger partial charge in [0.05, 0.1) is 12.7 Å². The Morgan fingerprint density at radius 3 is 2.81 bits per heavy atom. The maximum absolute atomic E-state index is 12.9. The smallest absolute Gasteiger partial charge is 0.283 e. The number of amides is 1. The zero-order valence-corrected chi connectivity index (χ0v) is 17.2. The molecule has 1 saturated carbocycles. The van der Waals surface area contributed by atoms with E-state index in [1.165, 1.54) is 32.1 Å². The molecule has 1 saturated heterocycles. The van der Waals surface area contributed by atoms with Gasteiger partial charge in [-0.25, -0.2) is 0 Å². The van der Waals surface area contributed by atoms with Crippen LogP contribution in [0.4, 0.5) is 0 Å². The van der Waals surface area contributed by atoms with Crippen LogP contribution < -0.4 is 4.74 Å². The molecule has 6 heteroatoms. The molecule has 1 aliphatic heterocycles. The van der Waals surface area contributed by atoms with Crippen LogP contribution in [0.15, 0.2) is 23.2 Å². The fourth-order valence-electron chi connectivity index (χ4n) is 3.77. The molecule has 0 N–H and O–H groups in total. The second-order valence-corrected chi connectivity index (χ2v) is 9.04. The molecule has 2 fully saturated rings. The maximum atomic E-state index is 12.9. The minimum Gasteiger partial charge on any atom is -0.496 e. The molecule has 1 aromatic rings. The van der Waals surface area contributed by atoms with Gasteiger partial charge in [0.1, 0.15) is 5.75 Å². The molecule has 0 radical (unpaired) electrons. The number of hydrogen-bond acceptors (Lipinski definition) is 3. The molecule has 0 bridgehead atoms. The Hall–Kier alpha value is -1.20. The third-order valence-electron chi connectivity index (χ3n) is 5.19. The number of carbonyl (C=O) groups is 1. The minimum atomic E-state index is -0.277. The molecule has 142 valence electrons. The van der Waals surface area contributed by atoms with E-state index in [-0.39, 0.29) is 10.7 Å². The van der Waals surface area contributed by atoms with Crippen molar-refractivity contribution in [2.24, 2.45) is 4.99 Å². The normalized spacial score (nSPS) is 20.7. The lowest BCUT2D eigenvalue weighted by molar-refractivity contribution is 0.0999. The first kappa shape index (κ1) is 19.6. The van der Waals surface area contributed by atoms with Crippen LogP contribution in [0.5, 0.6) is 5.75 Å². The number of methoxy groups -OCH3 is 1. The molecule has 26 heavy (non-hydrogen) atoms. The first-order valence-electron chi connectivity index (χ1n) is 9.47. The van der Waals surface area contributed by atoms with Gasteiger partial charge in [0, 0.05) is 22.9 Å². The average Bonchev–Trinajstić information content (AvgIpc) is 2.96. The number of benzene rings is 1. The number of unbranched alkanes of at least 4 members (excludes halogenated alkanes) is 1. The quantitative estimate of drug-likeness (QED) is 0.670. The van der Waals surface area contributed by atoms with Crippen molar-refractivity contribution in [1.29, 1.82) is 0 Å². The van der Waals surface area contributed by atoms with Crippen LogP contribution >= 0.6 is 23.4 Å². The van der Waals surface area contributed by atoms with Gasteiger partial charge in [-0.05, 0) is 37.5 Å². The van der Waals surface area contributed by atoms with E-state index in [1.54, 1.807) is 25.3 Å². The van der Waals surface area contributed by atoms with Crippen LogP contribution in [-0.4, -0.2) is 40.9 Å². The highest BCUT2D eigenvalue weighted by atomic mass is 35.5. The van der Waals surface area contributed by atoms with Gasteiger partial charge >= 0.3 is 0 Å². The summed E-state index contributed by atoms with van der Waals surface area (Å²) in [6, 6.07) is 5.08. The number of hydrogen-bond donors (Lipinski definition) is 0. The van der Waals surface area contributed by atoms with Gasteiger partial charge in [-0.15, -0.1) is 0 Å². The van der Waals surface area contributed by atoms with E-state index in [9.17, 15) is 4.79 Å². The largest absolute Gasteiger partial charge is 0.496 e. The number of ether oxygens (including phenoxy) is 1. The molecule has 1 aliphatic carbocycles. The Morgan fingerprint density at radius 1 is 1.35 bits per heavy atom. The fourth-order valence-corrected chi connectivity index (χ4v) is 5.46. The monoisotopic (exact) mass is 394 g/mol. The fraction of sp³-hybridized carbons (Fsp3) is 0.600. The molecule has 1 aromatic carbocycles. The summed E-state index contributed by atoms with van der Waals surface area (Å²) in [7, 11) is 1.56. The number of carbonyl (C=O) groups excluding carboxylic acids is 1. The van der Waals surface area contributed by atoms with E-state index >= 15 is 0 Å². The average molecular weight is 395 g/mol. The number of halogens is 1. The highest BCUT2D eigenvalue weighted by Gasteiger charge is 2.43. The number of aliphatic imine (C=N–C) groups is 1. The molecular weight excluding hydrogens is 368 g/mol. The predicted octanol–water partition coefficient (Wildman–Crippen LogP) is 5.40. The van der Waals surface area contributed by atoms with Crippen molar-refractivity contribution in [3.63, 3.8) is 0 Å². The second-order valence-electron chi connectivity index (χ2n) is 7.16. The summed E-state index contributed by atoms with van der Waals surface area (Å²) >= 11 is 7.89. The van der Waals surface area contributed by atoms with Crippen LogP contribution in [0.2, 0.25) is 5.02 Å². The highest BCUT2D eigenvalue weighted by Crippen LogP contribution is 2.46. The summed E-state index contributed by atoms with van der Waals surface area (Å²) in [5.74, 6) is 0.237. The summed E-state index contributed by atoms with van der Waals surface area (Å²) in [6.07, 6.45) is 8.56. The van der Waals surface area contributed by atoms with Gasteiger partial charge in [-0.1, -0.05) is 56.0 Å². The molecule has 4 nitrogen and oxygen atoms in total. The molecule has 2 aliphatic rings. The van der Waals surface area contributed by atoms with E-state index in [0.717, 1.165) is 31.1 Å². The van der Waals surface area contributed by atoms with Crippen molar-refractivity contribution in [2.75, 3.05) is 20.2 Å². The van der Waals surface area contributed by atoms with Crippen LogP contribution in [0, 0.1) is 0 Å². The molecule has 3 rings (SSSR count). The van der Waals surface area contributed by atoms with Gasteiger partial charge < -0.3 is 9.64 Å². The molecule has 1 heterocycles. The third-order valence-corrected chi connectivity index (χ3v) is 6.93. The third kappa shape index (κ3) is 4.37. The summed E-state index contributed by atoms with van der Waals surface area (Å²) < 4.78 is 5.56. The Bertz CT molecular complexity index is 686. The van der Waals surface area contributed by atoms with E-state index < -0.39 is 0 Å². The number of thioether (sulfide) groups is 1. The van der Waals surface area contributed by atoms with Gasteiger partial charge in [-0.3, -0.25) is 4.79 Å². The number of nitrogens with zero attached hydrogens (tertiary/aromatic N) is 2. The van der Waals surface area contributed by atoms with Crippen molar-refractivity contribution in [2.45, 2.75) is 56.6 Å². The van der Waals surface area contributed by atoms with Crippen molar-refractivity contribution in [3.05, 3.63) is 28.8 Å². The highest BCUT2D eigenvalue weighted by molar-refractivity contribution is 8.15. The van der Waals surface area contributed by atoms with E-state index in [1.807, 2.05) is 11.8 Å². The van der Waals surface area contributed by atoms with Gasteiger partial charge in [-0.2, -0.15) is 4.99 Å². The lowest BCUT2D eigenvalue weighted by Crippen LogP contribution is -2.35. The molecule has 0 unspecified atom stereocenters. The number of amidine groups is 1. The lowest BCUT2D eigenvalue weighted by atomic mass is 9.88. The van der Waals surface area contributed by atoms with Crippen molar-refractivity contribution in [3.8, 4) is 5.75 Å². The van der Waals surface area contributed by atoms with Crippen molar-refractivity contribution in [1.82, 2.24) is 4.90 Å². The summed E-state index contributed by atoms with van der Waals surface area (Å²) in [6.45, 7) is 4.17. The Balaban J connectivity index is 1.86. The Labute approximate surface area is 165 Å². The SMILES string of the molecule is CCCCN1CC2(CCCCC2)SC1=NC(=O)c1cc(Cl)ccc1OC. The second kappa shape index (κ2) is 8.66. The zero-order chi connectivity index (χ0) is 18.6. The van der Waals surface area contributed by atoms with E-state index in [2.05, 4.69) is 16.8 Å². The summed E-state index contributed by atoms with van der Waals surface area (Å²) in [4.78, 5) is 19.7. The molecule has 0 atom stereocenters. The van der Waals surface area contributed by atoms with Gasteiger partial charge in [0.2, 0.25) is 0 Å². The topological polar surface area (TPSA) is 41.9 Å². The minimum absolute atomic E-state index is 0.240. The van der Waals surface area contributed by atoms with Crippen LogP contribution in [-0.2, 0) is 0 Å². The maximum Gasteiger partial charge on any atom is 0.283 e. The molecular formula is C20H27ClN2O2S. The first-order valence-corrected chi connectivity index (χ1v) is 10.7. The first-order chi connectivity index (χ1) is 12.6. The molecule has 1 spiro atoms. The van der Waals surface area contributed by atoms with Gasteiger partial charge in [0.15, 0.2) is 5.17 Å². The van der Waals surface area contributed by atoms with Crippen LogP contribution in [0.3, 0.4) is 0 Å². The van der Waals surface area contributed by atoms with E-state index in [4.69, 9.17) is 16.3 Å². The predicted molar refractivity (Wildman–Crippen MR) is 110 cm³/mol. The van der Waals surface area contributed by atoms with Crippen molar-refractivity contribution >= 4 is 34.4 Å². The van der Waals surface area contributed by atoms with Crippen LogP contribution in [0.25, 0.3) is 0 Å². The summed E-state index contributed by atoms with van der Waals surface area (Å²) in [5, 5.41) is 1.38. The molecule has 0 aromatic heterocycles. The van der Waals surface area contributed by atoms with Gasteiger partial charge in [0.25, 0.3) is 5.91 Å².